The molecule has 21 heavy (non-hydrogen) atoms. The Bertz CT molecular complexity index is 615. The Kier molecular flexibility index (Phi) is 3.77. The maximum absolute atomic E-state index is 10.8. The average Bonchev–Trinajstić information content (AvgIpc) is 2.84. The summed E-state index contributed by atoms with van der Waals surface area (Å²) in [6, 6.07) is 0. The van der Waals surface area contributed by atoms with E-state index < -0.39 is 5.60 Å². The van der Waals surface area contributed by atoms with Crippen LogP contribution in [0.4, 0.5) is 5.95 Å². The van der Waals surface area contributed by atoms with Crippen molar-refractivity contribution in [3.05, 3.63) is 29.6 Å². The van der Waals surface area contributed by atoms with Gasteiger partial charge >= 0.3 is 0 Å². The number of aryl methyl sites for hydroxylation is 1. The minimum absolute atomic E-state index is 0.466. The second-order valence-electron chi connectivity index (χ2n) is 5.49. The van der Waals surface area contributed by atoms with Crippen LogP contribution in [0.3, 0.4) is 0 Å². The van der Waals surface area contributed by atoms with Crippen LogP contribution in [0, 0.1) is 0 Å². The molecular formula is C13H17ClN6O. The number of nitrogens with zero attached hydrogens (tertiary/aromatic N) is 6. The molecule has 0 aliphatic carbocycles. The van der Waals surface area contributed by atoms with Gasteiger partial charge in [0, 0.05) is 20.0 Å². The number of β-amino-alcohol motifs (C(OH)–C–C–N with tert-alkyl or cyclic N) is 1. The molecule has 0 aromatic carbocycles. The van der Waals surface area contributed by atoms with Crippen LogP contribution in [-0.2, 0) is 13.5 Å². The first-order valence-corrected chi connectivity index (χ1v) is 7.21. The lowest BCUT2D eigenvalue weighted by molar-refractivity contribution is 0.0234. The number of halogens is 1. The number of aliphatic hydroxyl groups is 1. The third-order valence-electron chi connectivity index (χ3n) is 3.74. The van der Waals surface area contributed by atoms with Gasteiger partial charge in [-0.15, -0.1) is 10.2 Å². The Balaban J connectivity index is 1.75. The topological polar surface area (TPSA) is 80.0 Å². The molecule has 112 valence electrons. The Morgan fingerprint density at radius 3 is 2.81 bits per heavy atom. The van der Waals surface area contributed by atoms with E-state index in [0.29, 0.717) is 23.9 Å². The van der Waals surface area contributed by atoms with Crippen LogP contribution in [0.2, 0.25) is 5.02 Å². The van der Waals surface area contributed by atoms with Crippen LogP contribution in [-0.4, -0.2) is 48.5 Å². The Hall–Kier alpha value is -1.73. The van der Waals surface area contributed by atoms with E-state index in [2.05, 4.69) is 20.2 Å². The standard InChI is InChI=1S/C13H17ClN6O/c1-19-9-17-18-11(19)5-13(21)3-2-4-20(8-13)12-15-6-10(14)7-16-12/h6-7,9,21H,2-5,8H2,1H3. The van der Waals surface area contributed by atoms with Gasteiger partial charge in [0.05, 0.1) is 29.6 Å². The molecule has 0 bridgehead atoms. The zero-order valence-electron chi connectivity index (χ0n) is 11.8. The summed E-state index contributed by atoms with van der Waals surface area (Å²) in [5.41, 5.74) is -0.845. The van der Waals surface area contributed by atoms with Crippen molar-refractivity contribution in [1.82, 2.24) is 24.7 Å². The second-order valence-corrected chi connectivity index (χ2v) is 5.92. The van der Waals surface area contributed by atoms with Gasteiger partial charge in [-0.3, -0.25) is 0 Å². The molecule has 0 saturated carbocycles. The Labute approximate surface area is 127 Å². The zero-order chi connectivity index (χ0) is 14.9. The second kappa shape index (κ2) is 5.57. The highest BCUT2D eigenvalue weighted by Crippen LogP contribution is 2.26. The van der Waals surface area contributed by atoms with Crippen LogP contribution in [0.5, 0.6) is 0 Å². The van der Waals surface area contributed by atoms with Crippen molar-refractivity contribution in [2.24, 2.45) is 7.05 Å². The lowest BCUT2D eigenvalue weighted by Gasteiger charge is -2.38. The molecule has 1 aliphatic heterocycles. The highest BCUT2D eigenvalue weighted by Gasteiger charge is 2.35. The quantitative estimate of drug-likeness (QED) is 0.905. The number of piperidine rings is 1. The number of aromatic nitrogens is 5. The van der Waals surface area contributed by atoms with Gasteiger partial charge in [-0.2, -0.15) is 0 Å². The largest absolute Gasteiger partial charge is 0.388 e. The molecule has 1 N–H and O–H groups in total. The predicted molar refractivity (Wildman–Crippen MR) is 78.1 cm³/mol. The molecule has 3 rings (SSSR count). The molecule has 1 fully saturated rings. The first kappa shape index (κ1) is 14.2. The summed E-state index contributed by atoms with van der Waals surface area (Å²) < 4.78 is 1.83. The molecular weight excluding hydrogens is 292 g/mol. The minimum Gasteiger partial charge on any atom is -0.388 e. The number of hydrogen-bond donors (Lipinski definition) is 1. The van der Waals surface area contributed by atoms with E-state index in [-0.39, 0.29) is 0 Å². The monoisotopic (exact) mass is 308 g/mol. The molecule has 0 amide bonds. The summed E-state index contributed by atoms with van der Waals surface area (Å²) in [6.45, 7) is 1.30. The summed E-state index contributed by atoms with van der Waals surface area (Å²) >= 11 is 5.81. The first-order chi connectivity index (χ1) is 10.1. The lowest BCUT2D eigenvalue weighted by atomic mass is 9.89. The Morgan fingerprint density at radius 2 is 2.14 bits per heavy atom. The SMILES string of the molecule is Cn1cnnc1CC1(O)CCCN(c2ncc(Cl)cn2)C1. The van der Waals surface area contributed by atoms with Gasteiger partial charge in [0.15, 0.2) is 0 Å². The van der Waals surface area contributed by atoms with Crippen molar-refractivity contribution < 1.29 is 5.11 Å². The average molecular weight is 309 g/mol. The van der Waals surface area contributed by atoms with E-state index in [0.717, 1.165) is 25.2 Å². The fraction of sp³-hybridized carbons (Fsp3) is 0.538. The van der Waals surface area contributed by atoms with E-state index in [1.54, 1.807) is 18.7 Å². The highest BCUT2D eigenvalue weighted by molar-refractivity contribution is 6.30. The van der Waals surface area contributed by atoms with Crippen molar-refractivity contribution in [3.63, 3.8) is 0 Å². The van der Waals surface area contributed by atoms with Gasteiger partial charge in [0.2, 0.25) is 5.95 Å². The molecule has 1 aliphatic rings. The van der Waals surface area contributed by atoms with Crippen molar-refractivity contribution in [2.75, 3.05) is 18.0 Å². The zero-order valence-corrected chi connectivity index (χ0v) is 12.5. The minimum atomic E-state index is -0.845. The van der Waals surface area contributed by atoms with Gasteiger partial charge in [-0.05, 0) is 12.8 Å². The number of anilines is 1. The van der Waals surface area contributed by atoms with Crippen molar-refractivity contribution in [3.8, 4) is 0 Å². The van der Waals surface area contributed by atoms with Crippen LogP contribution < -0.4 is 4.90 Å². The molecule has 1 saturated heterocycles. The van der Waals surface area contributed by atoms with E-state index >= 15 is 0 Å². The smallest absolute Gasteiger partial charge is 0.225 e. The molecule has 0 radical (unpaired) electrons. The van der Waals surface area contributed by atoms with Gasteiger partial charge in [0.1, 0.15) is 12.2 Å². The third-order valence-corrected chi connectivity index (χ3v) is 3.93. The maximum atomic E-state index is 10.8. The summed E-state index contributed by atoms with van der Waals surface area (Å²) in [4.78, 5) is 10.4. The molecule has 2 aromatic heterocycles. The summed E-state index contributed by atoms with van der Waals surface area (Å²) in [6.07, 6.45) is 6.85. The van der Waals surface area contributed by atoms with Gasteiger partial charge in [-0.1, -0.05) is 11.6 Å². The number of hydrogen-bond acceptors (Lipinski definition) is 6. The Morgan fingerprint density at radius 1 is 1.38 bits per heavy atom. The molecule has 1 unspecified atom stereocenters. The summed E-state index contributed by atoms with van der Waals surface area (Å²) in [5, 5.41) is 19.3. The van der Waals surface area contributed by atoms with E-state index in [4.69, 9.17) is 11.6 Å². The summed E-state index contributed by atoms with van der Waals surface area (Å²) in [7, 11) is 1.88. The number of rotatable bonds is 3. The molecule has 3 heterocycles. The third kappa shape index (κ3) is 3.14. The van der Waals surface area contributed by atoms with Crippen molar-refractivity contribution in [1.29, 1.82) is 0 Å². The van der Waals surface area contributed by atoms with Crippen molar-refractivity contribution in [2.45, 2.75) is 24.9 Å². The first-order valence-electron chi connectivity index (χ1n) is 6.83. The summed E-state index contributed by atoms with van der Waals surface area (Å²) in [5.74, 6) is 1.37. The van der Waals surface area contributed by atoms with Crippen molar-refractivity contribution >= 4 is 17.5 Å². The highest BCUT2D eigenvalue weighted by atomic mass is 35.5. The maximum Gasteiger partial charge on any atom is 0.225 e. The van der Waals surface area contributed by atoms with E-state index in [1.165, 1.54) is 0 Å². The van der Waals surface area contributed by atoms with Crippen LogP contribution in [0.1, 0.15) is 18.7 Å². The van der Waals surface area contributed by atoms with E-state index in [9.17, 15) is 5.11 Å². The molecule has 8 heteroatoms. The van der Waals surface area contributed by atoms with Crippen LogP contribution in [0.15, 0.2) is 18.7 Å². The molecule has 7 nitrogen and oxygen atoms in total. The van der Waals surface area contributed by atoms with Crippen LogP contribution >= 0.6 is 11.6 Å². The lowest BCUT2D eigenvalue weighted by Crippen LogP contribution is -2.50. The van der Waals surface area contributed by atoms with Crippen LogP contribution in [0.25, 0.3) is 0 Å². The fourth-order valence-electron chi connectivity index (χ4n) is 2.66. The van der Waals surface area contributed by atoms with Gasteiger partial charge < -0.3 is 14.6 Å². The van der Waals surface area contributed by atoms with E-state index in [1.807, 2.05) is 16.5 Å². The fourth-order valence-corrected chi connectivity index (χ4v) is 2.76. The molecule has 1 atom stereocenters. The normalized spacial score (nSPS) is 22.5. The molecule has 0 spiro atoms. The van der Waals surface area contributed by atoms with Gasteiger partial charge in [-0.25, -0.2) is 9.97 Å². The molecule has 2 aromatic rings. The van der Waals surface area contributed by atoms with Gasteiger partial charge in [0.25, 0.3) is 0 Å². The predicted octanol–water partition coefficient (Wildman–Crippen LogP) is 0.832.